The van der Waals surface area contributed by atoms with E-state index in [-0.39, 0.29) is 11.9 Å². The molecule has 0 bridgehead atoms. The summed E-state index contributed by atoms with van der Waals surface area (Å²) < 4.78 is 0. The Morgan fingerprint density at radius 3 is 2.45 bits per heavy atom. The van der Waals surface area contributed by atoms with Crippen molar-refractivity contribution in [1.82, 2.24) is 10.6 Å². The summed E-state index contributed by atoms with van der Waals surface area (Å²) in [5.41, 5.74) is 1.46. The molecule has 1 fully saturated rings. The Morgan fingerprint density at radius 1 is 1.20 bits per heavy atom. The lowest BCUT2D eigenvalue weighted by molar-refractivity contribution is -0.122. The van der Waals surface area contributed by atoms with Crippen LogP contribution in [0.5, 0.6) is 0 Å². The van der Waals surface area contributed by atoms with E-state index in [1.807, 2.05) is 13.8 Å². The van der Waals surface area contributed by atoms with Gasteiger partial charge in [-0.15, -0.1) is 0 Å². The number of nitrogens with one attached hydrogen (secondary N) is 2. The van der Waals surface area contributed by atoms with Crippen molar-refractivity contribution in [3.63, 3.8) is 0 Å². The average Bonchev–Trinajstić information content (AvgIpc) is 2.49. The van der Waals surface area contributed by atoms with E-state index in [1.54, 1.807) is 0 Å². The van der Waals surface area contributed by atoms with E-state index >= 15 is 0 Å². The molecule has 1 amide bonds. The van der Waals surface area contributed by atoms with Gasteiger partial charge in [-0.05, 0) is 51.0 Å². The second kappa shape index (κ2) is 7.44. The minimum Gasteiger partial charge on any atom is -0.355 e. The van der Waals surface area contributed by atoms with Crippen LogP contribution >= 0.6 is 0 Å². The maximum atomic E-state index is 11.7. The van der Waals surface area contributed by atoms with Crippen molar-refractivity contribution in [3.05, 3.63) is 35.9 Å². The van der Waals surface area contributed by atoms with Gasteiger partial charge in [0, 0.05) is 12.6 Å². The van der Waals surface area contributed by atoms with Crippen LogP contribution < -0.4 is 10.6 Å². The molecule has 110 valence electrons. The second-order valence-corrected chi connectivity index (χ2v) is 5.74. The fourth-order valence-electron chi connectivity index (χ4n) is 3.08. The molecule has 3 heteroatoms. The van der Waals surface area contributed by atoms with E-state index in [9.17, 15) is 4.79 Å². The van der Waals surface area contributed by atoms with Gasteiger partial charge < -0.3 is 10.6 Å². The van der Waals surface area contributed by atoms with Crippen LogP contribution in [-0.4, -0.2) is 24.5 Å². The first kappa shape index (κ1) is 15.0. The Kier molecular flexibility index (Phi) is 5.60. The van der Waals surface area contributed by atoms with Crippen LogP contribution in [-0.2, 0) is 4.79 Å². The Bertz CT molecular complexity index is 410. The zero-order valence-electron chi connectivity index (χ0n) is 12.6. The van der Waals surface area contributed by atoms with Gasteiger partial charge in [-0.1, -0.05) is 30.3 Å². The fourth-order valence-corrected chi connectivity index (χ4v) is 3.08. The van der Waals surface area contributed by atoms with Crippen LogP contribution in [0.1, 0.15) is 51.0 Å². The van der Waals surface area contributed by atoms with Crippen molar-refractivity contribution in [1.29, 1.82) is 0 Å². The summed E-state index contributed by atoms with van der Waals surface area (Å²) in [6, 6.07) is 11.2. The third kappa shape index (κ3) is 4.07. The van der Waals surface area contributed by atoms with E-state index < -0.39 is 0 Å². The molecule has 2 N–H and O–H groups in total. The molecule has 20 heavy (non-hydrogen) atoms. The van der Waals surface area contributed by atoms with Gasteiger partial charge in [-0.3, -0.25) is 4.79 Å². The lowest BCUT2D eigenvalue weighted by atomic mass is 9.81. The second-order valence-electron chi connectivity index (χ2n) is 5.74. The lowest BCUT2D eigenvalue weighted by Gasteiger charge is -2.31. The lowest BCUT2D eigenvalue weighted by Crippen LogP contribution is -2.47. The average molecular weight is 274 g/mol. The minimum atomic E-state index is -0.0896. The molecule has 2 rings (SSSR count). The standard InChI is InChI=1S/C17H26N2O/c1-3-18-17(20)13(2)19-16-11-9-15(10-12-16)14-7-5-4-6-8-14/h4-8,13,15-16,19H,3,9-12H2,1-2H3,(H,18,20). The van der Waals surface area contributed by atoms with Crippen molar-refractivity contribution in [3.8, 4) is 0 Å². The van der Waals surface area contributed by atoms with Crippen molar-refractivity contribution in [2.24, 2.45) is 0 Å². The minimum absolute atomic E-state index is 0.0896. The number of likely N-dealkylation sites (N-methyl/N-ethyl adjacent to an activating group) is 1. The van der Waals surface area contributed by atoms with Gasteiger partial charge in [0.2, 0.25) is 5.91 Å². The molecule has 1 saturated carbocycles. The van der Waals surface area contributed by atoms with Crippen molar-refractivity contribution >= 4 is 5.91 Å². The summed E-state index contributed by atoms with van der Waals surface area (Å²) in [6.45, 7) is 4.61. The first-order valence-corrected chi connectivity index (χ1v) is 7.79. The summed E-state index contributed by atoms with van der Waals surface area (Å²) >= 11 is 0. The molecule has 1 aliphatic rings. The normalized spacial score (nSPS) is 24.1. The SMILES string of the molecule is CCNC(=O)C(C)NC1CCC(c2ccccc2)CC1. The number of rotatable bonds is 5. The number of carbonyl (C=O) groups is 1. The van der Waals surface area contributed by atoms with Crippen LogP contribution in [0.2, 0.25) is 0 Å². The van der Waals surface area contributed by atoms with Crippen molar-refractivity contribution in [2.75, 3.05) is 6.54 Å². The quantitative estimate of drug-likeness (QED) is 0.867. The molecule has 0 radical (unpaired) electrons. The highest BCUT2D eigenvalue weighted by atomic mass is 16.2. The third-order valence-electron chi connectivity index (χ3n) is 4.23. The summed E-state index contributed by atoms with van der Waals surface area (Å²) in [6.07, 6.45) is 4.74. The van der Waals surface area contributed by atoms with Gasteiger partial charge in [-0.25, -0.2) is 0 Å². The van der Waals surface area contributed by atoms with Crippen LogP contribution in [0, 0.1) is 0 Å². The molecule has 0 saturated heterocycles. The summed E-state index contributed by atoms with van der Waals surface area (Å²) in [7, 11) is 0. The molecule has 0 heterocycles. The topological polar surface area (TPSA) is 41.1 Å². The van der Waals surface area contributed by atoms with Crippen LogP contribution in [0.4, 0.5) is 0 Å². The van der Waals surface area contributed by atoms with Gasteiger partial charge in [0.25, 0.3) is 0 Å². The number of amides is 1. The highest BCUT2D eigenvalue weighted by Gasteiger charge is 2.24. The third-order valence-corrected chi connectivity index (χ3v) is 4.23. The highest BCUT2D eigenvalue weighted by Crippen LogP contribution is 2.32. The van der Waals surface area contributed by atoms with Gasteiger partial charge in [0.05, 0.1) is 6.04 Å². The van der Waals surface area contributed by atoms with Gasteiger partial charge in [0.15, 0.2) is 0 Å². The molecular weight excluding hydrogens is 248 g/mol. The predicted octanol–water partition coefficient (Wildman–Crippen LogP) is 2.83. The van der Waals surface area contributed by atoms with E-state index in [4.69, 9.17) is 0 Å². The molecule has 1 aliphatic carbocycles. The fraction of sp³-hybridized carbons (Fsp3) is 0.588. The molecule has 1 aromatic carbocycles. The molecule has 0 spiro atoms. The van der Waals surface area contributed by atoms with Crippen molar-refractivity contribution in [2.45, 2.75) is 57.5 Å². The smallest absolute Gasteiger partial charge is 0.236 e. The van der Waals surface area contributed by atoms with Gasteiger partial charge in [0.1, 0.15) is 0 Å². The maximum Gasteiger partial charge on any atom is 0.236 e. The van der Waals surface area contributed by atoms with E-state index in [2.05, 4.69) is 41.0 Å². The first-order chi connectivity index (χ1) is 9.70. The monoisotopic (exact) mass is 274 g/mol. The molecule has 0 aromatic heterocycles. The van der Waals surface area contributed by atoms with Crippen LogP contribution in [0.3, 0.4) is 0 Å². The molecular formula is C17H26N2O. The Balaban J connectivity index is 1.78. The Hall–Kier alpha value is -1.35. The van der Waals surface area contributed by atoms with Gasteiger partial charge in [-0.2, -0.15) is 0 Å². The van der Waals surface area contributed by atoms with Crippen LogP contribution in [0.15, 0.2) is 30.3 Å². The highest BCUT2D eigenvalue weighted by molar-refractivity contribution is 5.81. The number of benzene rings is 1. The number of hydrogen-bond donors (Lipinski definition) is 2. The summed E-state index contributed by atoms with van der Waals surface area (Å²) in [4.78, 5) is 11.7. The maximum absolute atomic E-state index is 11.7. The van der Waals surface area contributed by atoms with E-state index in [0.29, 0.717) is 18.5 Å². The molecule has 1 atom stereocenters. The molecule has 1 unspecified atom stereocenters. The molecule has 0 aliphatic heterocycles. The van der Waals surface area contributed by atoms with Crippen LogP contribution in [0.25, 0.3) is 0 Å². The zero-order valence-corrected chi connectivity index (χ0v) is 12.6. The number of hydrogen-bond acceptors (Lipinski definition) is 2. The Morgan fingerprint density at radius 2 is 1.85 bits per heavy atom. The molecule has 3 nitrogen and oxygen atoms in total. The zero-order chi connectivity index (χ0) is 14.4. The van der Waals surface area contributed by atoms with E-state index in [0.717, 1.165) is 12.8 Å². The number of carbonyl (C=O) groups excluding carboxylic acids is 1. The summed E-state index contributed by atoms with van der Waals surface area (Å²) in [5, 5.41) is 6.33. The largest absolute Gasteiger partial charge is 0.355 e. The van der Waals surface area contributed by atoms with Crippen molar-refractivity contribution < 1.29 is 4.79 Å². The first-order valence-electron chi connectivity index (χ1n) is 7.79. The van der Waals surface area contributed by atoms with E-state index in [1.165, 1.54) is 18.4 Å². The summed E-state index contributed by atoms with van der Waals surface area (Å²) in [5.74, 6) is 0.798. The Labute approximate surface area is 122 Å². The van der Waals surface area contributed by atoms with Gasteiger partial charge >= 0.3 is 0 Å². The molecule has 1 aromatic rings. The predicted molar refractivity (Wildman–Crippen MR) is 82.7 cm³/mol.